The summed E-state index contributed by atoms with van der Waals surface area (Å²) < 4.78 is 23.8. The van der Waals surface area contributed by atoms with E-state index < -0.39 is 60.0 Å². The highest BCUT2D eigenvalue weighted by atomic mass is 16.6. The Morgan fingerprint density at radius 2 is 1.40 bits per heavy atom. The van der Waals surface area contributed by atoms with E-state index in [-0.39, 0.29) is 17.9 Å². The zero-order valence-electron chi connectivity index (χ0n) is 23.3. The van der Waals surface area contributed by atoms with Gasteiger partial charge in [-0.05, 0) is 48.6 Å². The van der Waals surface area contributed by atoms with Gasteiger partial charge in [0.1, 0.15) is 6.61 Å². The van der Waals surface area contributed by atoms with Gasteiger partial charge in [0, 0.05) is 34.7 Å². The zero-order chi connectivity index (χ0) is 29.9. The summed E-state index contributed by atoms with van der Waals surface area (Å²) in [6.07, 6.45) is -4.16. The van der Waals surface area contributed by atoms with E-state index in [9.17, 15) is 28.8 Å². The van der Waals surface area contributed by atoms with E-state index >= 15 is 0 Å². The van der Waals surface area contributed by atoms with Crippen molar-refractivity contribution in [3.05, 3.63) is 50.2 Å². The third-order valence-corrected chi connectivity index (χ3v) is 6.24. The largest absolute Gasteiger partial charge is 0.462 e. The number of carbonyl (C=O) groups excluding carboxylic acids is 4. The van der Waals surface area contributed by atoms with E-state index in [1.165, 1.54) is 11.6 Å². The lowest BCUT2D eigenvalue weighted by atomic mass is 10.0. The fraction of sp³-hybridized carbons (Fsp3) is 0.444. The van der Waals surface area contributed by atoms with Crippen LogP contribution in [0, 0.1) is 13.8 Å². The van der Waals surface area contributed by atoms with Crippen molar-refractivity contribution in [3.63, 3.8) is 0 Å². The molecule has 0 N–H and O–H groups in total. The monoisotopic (exact) mass is 557 g/mol. The highest BCUT2D eigenvalue weighted by Gasteiger charge is 2.39. The van der Waals surface area contributed by atoms with Gasteiger partial charge in [0.2, 0.25) is 0 Å². The molecule has 0 unspecified atom stereocenters. The van der Waals surface area contributed by atoms with Crippen LogP contribution in [0.15, 0.2) is 27.8 Å². The van der Waals surface area contributed by atoms with Crippen molar-refractivity contribution < 1.29 is 38.1 Å². The number of aromatic nitrogens is 3. The molecule has 3 rings (SSSR count). The molecule has 1 aromatic carbocycles. The molecule has 0 aromatic heterocycles. The molecule has 13 nitrogen and oxygen atoms in total. The van der Waals surface area contributed by atoms with Gasteiger partial charge in [-0.1, -0.05) is 0 Å². The molecule has 1 aromatic rings. The Morgan fingerprint density at radius 3 is 1.98 bits per heavy atom. The molecule has 0 fully saturated rings. The maximum atomic E-state index is 13.1. The van der Waals surface area contributed by atoms with E-state index in [0.717, 1.165) is 43.4 Å². The molecule has 2 heterocycles. The molecular weight excluding hydrogens is 526 g/mol. The summed E-state index contributed by atoms with van der Waals surface area (Å²) in [5, 5.41) is 0.634. The summed E-state index contributed by atoms with van der Waals surface area (Å²) in [6, 6.07) is 5.30. The number of carbonyl (C=O) groups is 4. The number of benzene rings is 1. The second-order valence-corrected chi connectivity index (χ2v) is 9.42. The van der Waals surface area contributed by atoms with Gasteiger partial charge in [0.05, 0.1) is 17.6 Å². The molecule has 0 bridgehead atoms. The zero-order valence-corrected chi connectivity index (χ0v) is 23.3. The topological polar surface area (TPSA) is 162 Å². The van der Waals surface area contributed by atoms with Gasteiger partial charge in [-0.15, -0.1) is 0 Å². The van der Waals surface area contributed by atoms with Gasteiger partial charge in [-0.3, -0.25) is 28.5 Å². The predicted molar refractivity (Wildman–Crippen MR) is 141 cm³/mol. The van der Waals surface area contributed by atoms with Crippen molar-refractivity contribution in [1.82, 2.24) is 14.1 Å². The smallest absolute Gasteiger partial charge is 0.352 e. The number of hydrogen-bond donors (Lipinski definition) is 0. The number of aryl methyl sites for hydroxylation is 2. The standard InChI is InChI=1S/C27H31N3O10/c1-13-8-19-10-20-25(28-27(36)29(7)26(20)35)30(21(19)9-14(13)2)11-22(38-16(4)32)24(40-18(6)34)23(39-17(5)33)12-37-15(3)31/h8-10,22-24H,11-12H2,1-7H3/t22-,23-,24+/m1/s1. The predicted octanol–water partition coefficient (Wildman–Crippen LogP) is 1.18. The molecule has 0 spiro atoms. The summed E-state index contributed by atoms with van der Waals surface area (Å²) in [5.41, 5.74) is 1.10. The maximum Gasteiger partial charge on any atom is 0.352 e. The molecule has 3 atom stereocenters. The highest BCUT2D eigenvalue weighted by molar-refractivity contribution is 5.86. The molecule has 2 aliphatic rings. The summed E-state index contributed by atoms with van der Waals surface area (Å²) in [6.45, 7) is 7.48. The third kappa shape index (κ3) is 6.71. The van der Waals surface area contributed by atoms with Gasteiger partial charge in [-0.25, -0.2) is 4.79 Å². The first-order valence-corrected chi connectivity index (χ1v) is 12.4. The molecule has 0 amide bonds. The average Bonchev–Trinajstić information content (AvgIpc) is 2.84. The van der Waals surface area contributed by atoms with Crippen molar-refractivity contribution >= 4 is 34.8 Å². The van der Waals surface area contributed by atoms with Crippen molar-refractivity contribution in [2.45, 2.75) is 66.4 Å². The number of ether oxygens (including phenoxy) is 4. The fourth-order valence-electron chi connectivity index (χ4n) is 4.34. The Bertz CT molecular complexity index is 1570. The van der Waals surface area contributed by atoms with Crippen molar-refractivity contribution in [2.75, 3.05) is 6.61 Å². The van der Waals surface area contributed by atoms with Crippen LogP contribution in [0.3, 0.4) is 0 Å². The minimum absolute atomic E-state index is 0.00611. The van der Waals surface area contributed by atoms with Gasteiger partial charge < -0.3 is 23.5 Å². The Balaban J connectivity index is 2.31. The van der Waals surface area contributed by atoms with Crippen LogP contribution in [0.1, 0.15) is 38.8 Å². The normalized spacial score (nSPS) is 13.4. The van der Waals surface area contributed by atoms with E-state index in [2.05, 4.69) is 4.98 Å². The number of pyridine rings is 1. The average molecular weight is 558 g/mol. The van der Waals surface area contributed by atoms with Crippen LogP contribution in [-0.2, 0) is 51.7 Å². The van der Waals surface area contributed by atoms with E-state index in [1.807, 2.05) is 26.0 Å². The number of rotatable bonds is 9. The van der Waals surface area contributed by atoms with Crippen LogP contribution >= 0.6 is 0 Å². The number of esters is 4. The molecule has 214 valence electrons. The number of hydrogen-bond acceptors (Lipinski definition) is 11. The number of fused-ring (bicyclic) bond motifs is 2. The third-order valence-electron chi connectivity index (χ3n) is 6.24. The lowest BCUT2D eigenvalue weighted by Crippen LogP contribution is -2.49. The van der Waals surface area contributed by atoms with Crippen LogP contribution in [0.4, 0.5) is 0 Å². The first kappa shape index (κ1) is 30.0. The van der Waals surface area contributed by atoms with E-state index in [0.29, 0.717) is 10.9 Å². The summed E-state index contributed by atoms with van der Waals surface area (Å²) in [7, 11) is 1.31. The van der Waals surface area contributed by atoms with Crippen LogP contribution in [0.5, 0.6) is 0 Å². The molecule has 0 saturated carbocycles. The van der Waals surface area contributed by atoms with Gasteiger partial charge >= 0.3 is 29.6 Å². The Kier molecular flexibility index (Phi) is 9.07. The van der Waals surface area contributed by atoms with Crippen molar-refractivity contribution in [2.24, 2.45) is 7.05 Å². The lowest BCUT2D eigenvalue weighted by Gasteiger charge is -2.33. The quantitative estimate of drug-likeness (QED) is 0.211. The first-order valence-electron chi connectivity index (χ1n) is 12.4. The molecular formula is C27H31N3O10. The molecule has 13 heteroatoms. The van der Waals surface area contributed by atoms with Crippen molar-refractivity contribution in [1.29, 1.82) is 0 Å². The van der Waals surface area contributed by atoms with Crippen LogP contribution in [-0.4, -0.2) is 62.9 Å². The number of nitrogens with zero attached hydrogens (tertiary/aromatic N) is 3. The van der Waals surface area contributed by atoms with E-state index in [1.54, 1.807) is 6.07 Å². The maximum absolute atomic E-state index is 13.1. The Hall–Kier alpha value is -4.55. The van der Waals surface area contributed by atoms with Crippen LogP contribution in [0.2, 0.25) is 0 Å². The van der Waals surface area contributed by atoms with Crippen LogP contribution in [0.25, 0.3) is 22.3 Å². The molecule has 0 saturated heterocycles. The molecule has 0 aliphatic carbocycles. The second-order valence-electron chi connectivity index (χ2n) is 9.42. The Morgan fingerprint density at radius 1 is 0.825 bits per heavy atom. The second kappa shape index (κ2) is 12.1. The minimum atomic E-state index is -1.45. The van der Waals surface area contributed by atoms with Crippen LogP contribution < -0.4 is 11.2 Å². The first-order chi connectivity index (χ1) is 18.7. The summed E-state index contributed by atoms with van der Waals surface area (Å²) in [4.78, 5) is 77.6. The van der Waals surface area contributed by atoms with Crippen molar-refractivity contribution in [3.8, 4) is 11.4 Å². The van der Waals surface area contributed by atoms with E-state index in [4.69, 9.17) is 18.9 Å². The minimum Gasteiger partial charge on any atom is -0.462 e. The molecule has 2 aliphatic heterocycles. The summed E-state index contributed by atoms with van der Waals surface area (Å²) in [5.74, 6) is -3.01. The fourth-order valence-corrected chi connectivity index (χ4v) is 4.34. The Labute approximate surface area is 228 Å². The van der Waals surface area contributed by atoms with Gasteiger partial charge in [0.25, 0.3) is 5.56 Å². The molecule has 40 heavy (non-hydrogen) atoms. The van der Waals surface area contributed by atoms with Gasteiger partial charge in [0.15, 0.2) is 24.1 Å². The molecule has 0 radical (unpaired) electrons. The van der Waals surface area contributed by atoms with Gasteiger partial charge in [-0.2, -0.15) is 4.98 Å². The summed E-state index contributed by atoms with van der Waals surface area (Å²) >= 11 is 0. The highest BCUT2D eigenvalue weighted by Crippen LogP contribution is 2.28. The SMILES string of the molecule is CC(=O)OC[C@@H](OC(C)=O)[C@@H](OC(C)=O)[C@@H](Cn1c2nc(=O)n(C)c(=O)c-2cc2cc(C)c(C)cc21)OC(C)=O. The lowest BCUT2D eigenvalue weighted by molar-refractivity contribution is -0.190.